The average Bonchev–Trinajstić information content (AvgIpc) is 3.31. The van der Waals surface area contributed by atoms with Crippen LogP contribution in [0.25, 0.3) is 0 Å². The number of amides is 1. The fraction of sp³-hybridized carbons (Fsp3) is 0.588. The molecule has 120 valence electrons. The minimum atomic E-state index is -0.0195. The number of rotatable bonds is 5. The van der Waals surface area contributed by atoms with E-state index in [1.54, 1.807) is 0 Å². The van der Waals surface area contributed by atoms with E-state index in [2.05, 4.69) is 21.2 Å². The number of hydrogen-bond acceptors (Lipinski definition) is 3. The van der Waals surface area contributed by atoms with Crippen molar-refractivity contribution in [1.29, 1.82) is 0 Å². The summed E-state index contributed by atoms with van der Waals surface area (Å²) in [5.41, 5.74) is 1.25. The topological polar surface area (TPSA) is 35.6 Å². The molecule has 4 nitrogen and oxygen atoms in total. The third-order valence-corrected chi connectivity index (χ3v) is 4.79. The number of carbonyl (C=O) groups excluding carboxylic acids is 1. The number of halogens is 1. The molecule has 1 saturated carbocycles. The molecule has 1 amide bonds. The third kappa shape index (κ3) is 4.22. The Morgan fingerprint density at radius 2 is 2.05 bits per heavy atom. The third-order valence-electron chi connectivity index (χ3n) is 4.55. The zero-order valence-electron chi connectivity index (χ0n) is 13.1. The molecule has 2 aliphatic rings. The van der Waals surface area contributed by atoms with Crippen molar-refractivity contribution in [2.75, 3.05) is 26.2 Å². The van der Waals surface area contributed by atoms with Crippen molar-refractivity contribution in [3.05, 3.63) is 34.9 Å². The molecule has 1 aromatic rings. The van der Waals surface area contributed by atoms with Gasteiger partial charge in [-0.25, -0.2) is 0 Å². The van der Waals surface area contributed by atoms with E-state index in [1.807, 2.05) is 25.1 Å². The van der Waals surface area contributed by atoms with Gasteiger partial charge in [-0.1, -0.05) is 23.7 Å². The van der Waals surface area contributed by atoms with E-state index in [4.69, 9.17) is 11.6 Å². The Hall–Kier alpha value is -1.10. The van der Waals surface area contributed by atoms with Gasteiger partial charge in [-0.05, 0) is 37.5 Å². The van der Waals surface area contributed by atoms with Crippen molar-refractivity contribution in [1.82, 2.24) is 15.1 Å². The quantitative estimate of drug-likeness (QED) is 0.902. The van der Waals surface area contributed by atoms with Gasteiger partial charge >= 0.3 is 0 Å². The van der Waals surface area contributed by atoms with Crippen molar-refractivity contribution in [3.8, 4) is 0 Å². The Morgan fingerprint density at radius 1 is 1.32 bits per heavy atom. The zero-order valence-corrected chi connectivity index (χ0v) is 13.9. The fourth-order valence-corrected chi connectivity index (χ4v) is 3.13. The van der Waals surface area contributed by atoms with Crippen molar-refractivity contribution in [3.63, 3.8) is 0 Å². The van der Waals surface area contributed by atoms with Gasteiger partial charge in [0.05, 0.1) is 6.04 Å². The van der Waals surface area contributed by atoms with Crippen LogP contribution in [0.2, 0.25) is 5.02 Å². The molecular formula is C17H24ClN3O. The second kappa shape index (κ2) is 6.99. The van der Waals surface area contributed by atoms with E-state index in [1.165, 1.54) is 5.56 Å². The highest BCUT2D eigenvalue weighted by atomic mass is 35.5. The zero-order chi connectivity index (χ0) is 15.5. The largest absolute Gasteiger partial charge is 0.352 e. The second-order valence-corrected chi connectivity index (χ2v) is 6.84. The second-order valence-electron chi connectivity index (χ2n) is 6.40. The molecule has 1 saturated heterocycles. The van der Waals surface area contributed by atoms with Crippen molar-refractivity contribution < 1.29 is 4.79 Å². The minimum absolute atomic E-state index is 0.0195. The van der Waals surface area contributed by atoms with Gasteiger partial charge < -0.3 is 5.32 Å². The maximum Gasteiger partial charge on any atom is 0.237 e. The van der Waals surface area contributed by atoms with E-state index in [0.29, 0.717) is 6.04 Å². The lowest BCUT2D eigenvalue weighted by Crippen LogP contribution is -2.53. The lowest BCUT2D eigenvalue weighted by atomic mass is 10.1. The van der Waals surface area contributed by atoms with E-state index in [-0.39, 0.29) is 11.9 Å². The summed E-state index contributed by atoms with van der Waals surface area (Å²) >= 11 is 6.04. The summed E-state index contributed by atoms with van der Waals surface area (Å²) in [6.45, 7) is 6.82. The van der Waals surface area contributed by atoms with Gasteiger partial charge in [-0.2, -0.15) is 0 Å². The number of carbonyl (C=O) groups is 1. The molecule has 1 aromatic carbocycles. The monoisotopic (exact) mass is 321 g/mol. The summed E-state index contributed by atoms with van der Waals surface area (Å²) < 4.78 is 0. The molecule has 0 spiro atoms. The number of nitrogens with one attached hydrogen (secondary N) is 1. The molecule has 0 aromatic heterocycles. The molecule has 1 aliphatic heterocycles. The number of nitrogens with zero attached hydrogens (tertiary/aromatic N) is 2. The predicted molar refractivity (Wildman–Crippen MR) is 88.9 cm³/mol. The van der Waals surface area contributed by atoms with Gasteiger partial charge in [0, 0.05) is 43.8 Å². The molecule has 1 atom stereocenters. The molecule has 5 heteroatoms. The molecule has 0 unspecified atom stereocenters. The Balaban J connectivity index is 1.46. The highest BCUT2D eigenvalue weighted by molar-refractivity contribution is 6.30. The molecule has 22 heavy (non-hydrogen) atoms. The first-order chi connectivity index (χ1) is 10.6. The van der Waals surface area contributed by atoms with Crippen LogP contribution in [-0.4, -0.2) is 54.0 Å². The summed E-state index contributed by atoms with van der Waals surface area (Å²) in [7, 11) is 0. The van der Waals surface area contributed by atoms with Gasteiger partial charge in [0.25, 0.3) is 0 Å². The van der Waals surface area contributed by atoms with Gasteiger partial charge in [-0.15, -0.1) is 0 Å². The molecule has 1 N–H and O–H groups in total. The fourth-order valence-electron chi connectivity index (χ4n) is 2.92. The van der Waals surface area contributed by atoms with Gasteiger partial charge in [-0.3, -0.25) is 14.6 Å². The Labute approximate surface area is 137 Å². The van der Waals surface area contributed by atoms with Crippen LogP contribution in [0.5, 0.6) is 0 Å². The SMILES string of the molecule is C[C@H](C(=O)NC1CC1)N1CCN(Cc2cccc(Cl)c2)CC1. The van der Waals surface area contributed by atoms with Crippen LogP contribution in [0.1, 0.15) is 25.3 Å². The average molecular weight is 322 g/mol. The molecule has 2 fully saturated rings. The summed E-state index contributed by atoms with van der Waals surface area (Å²) in [4.78, 5) is 16.8. The van der Waals surface area contributed by atoms with Crippen LogP contribution in [-0.2, 0) is 11.3 Å². The molecular weight excluding hydrogens is 298 g/mol. The predicted octanol–water partition coefficient (Wildman–Crippen LogP) is 2.12. The number of benzene rings is 1. The van der Waals surface area contributed by atoms with E-state index < -0.39 is 0 Å². The Kier molecular flexibility index (Phi) is 5.01. The molecule has 0 bridgehead atoms. The first kappa shape index (κ1) is 15.8. The van der Waals surface area contributed by atoms with Crippen LogP contribution in [0, 0.1) is 0 Å². The van der Waals surface area contributed by atoms with Crippen molar-refractivity contribution >= 4 is 17.5 Å². The van der Waals surface area contributed by atoms with E-state index in [9.17, 15) is 4.79 Å². The standard InChI is InChI=1S/C17H24ClN3O/c1-13(17(22)19-16-5-6-16)21-9-7-20(8-10-21)12-14-3-2-4-15(18)11-14/h2-4,11,13,16H,5-10,12H2,1H3,(H,19,22)/t13-/m1/s1. The molecule has 1 heterocycles. The molecule has 3 rings (SSSR count). The first-order valence-electron chi connectivity index (χ1n) is 8.13. The van der Waals surface area contributed by atoms with Crippen LogP contribution < -0.4 is 5.32 Å². The highest BCUT2D eigenvalue weighted by Gasteiger charge is 2.29. The van der Waals surface area contributed by atoms with E-state index in [0.717, 1.165) is 50.6 Å². The normalized spacial score (nSPS) is 21.5. The van der Waals surface area contributed by atoms with Gasteiger partial charge in [0.15, 0.2) is 0 Å². The van der Waals surface area contributed by atoms with Crippen LogP contribution in [0.3, 0.4) is 0 Å². The highest BCUT2D eigenvalue weighted by Crippen LogP contribution is 2.19. The van der Waals surface area contributed by atoms with Crippen molar-refractivity contribution in [2.45, 2.75) is 38.4 Å². The minimum Gasteiger partial charge on any atom is -0.352 e. The molecule has 1 aliphatic carbocycles. The van der Waals surface area contributed by atoms with Gasteiger partial charge in [0.2, 0.25) is 5.91 Å². The summed E-state index contributed by atoms with van der Waals surface area (Å²) in [6.07, 6.45) is 2.29. The lowest BCUT2D eigenvalue weighted by Gasteiger charge is -2.37. The Bertz CT molecular complexity index is 524. The van der Waals surface area contributed by atoms with Crippen LogP contribution in [0.4, 0.5) is 0 Å². The maximum absolute atomic E-state index is 12.1. The number of hydrogen-bond donors (Lipinski definition) is 1. The smallest absolute Gasteiger partial charge is 0.237 e. The Morgan fingerprint density at radius 3 is 2.68 bits per heavy atom. The van der Waals surface area contributed by atoms with E-state index >= 15 is 0 Å². The van der Waals surface area contributed by atoms with Crippen LogP contribution in [0.15, 0.2) is 24.3 Å². The van der Waals surface area contributed by atoms with Gasteiger partial charge in [0.1, 0.15) is 0 Å². The molecule has 0 radical (unpaired) electrons. The summed E-state index contributed by atoms with van der Waals surface area (Å²) in [5, 5.41) is 3.89. The van der Waals surface area contributed by atoms with Crippen LogP contribution >= 0.6 is 11.6 Å². The summed E-state index contributed by atoms with van der Waals surface area (Å²) in [5.74, 6) is 0.186. The first-order valence-corrected chi connectivity index (χ1v) is 8.51. The van der Waals surface area contributed by atoms with Crippen molar-refractivity contribution in [2.24, 2.45) is 0 Å². The summed E-state index contributed by atoms with van der Waals surface area (Å²) in [6, 6.07) is 8.47. The maximum atomic E-state index is 12.1. The number of piperazine rings is 1. The lowest BCUT2D eigenvalue weighted by molar-refractivity contribution is -0.126.